The van der Waals surface area contributed by atoms with E-state index in [0.29, 0.717) is 28.5 Å². The molecular formula is C18H20N2O5. The van der Waals surface area contributed by atoms with Crippen LogP contribution in [0.1, 0.15) is 10.4 Å². The second-order valence-electron chi connectivity index (χ2n) is 5.03. The van der Waals surface area contributed by atoms with Crippen LogP contribution >= 0.6 is 0 Å². The van der Waals surface area contributed by atoms with Crippen LogP contribution in [-0.2, 0) is 4.79 Å². The van der Waals surface area contributed by atoms with Crippen molar-refractivity contribution < 1.29 is 23.8 Å². The highest BCUT2D eigenvalue weighted by Crippen LogP contribution is 2.24. The van der Waals surface area contributed by atoms with Crippen molar-refractivity contribution in [2.24, 2.45) is 0 Å². The van der Waals surface area contributed by atoms with Crippen LogP contribution < -0.4 is 24.8 Å². The molecule has 0 spiro atoms. The quantitative estimate of drug-likeness (QED) is 0.803. The van der Waals surface area contributed by atoms with Crippen LogP contribution in [0.4, 0.5) is 5.69 Å². The van der Waals surface area contributed by atoms with Crippen molar-refractivity contribution in [3.05, 3.63) is 48.0 Å². The lowest BCUT2D eigenvalue weighted by atomic mass is 10.1. The van der Waals surface area contributed by atoms with Gasteiger partial charge in [0.05, 0.1) is 33.4 Å². The molecule has 0 heterocycles. The number of amides is 2. The van der Waals surface area contributed by atoms with Crippen LogP contribution in [0.25, 0.3) is 0 Å². The van der Waals surface area contributed by atoms with Crippen LogP contribution in [-0.4, -0.2) is 39.7 Å². The van der Waals surface area contributed by atoms with Gasteiger partial charge < -0.3 is 24.8 Å². The van der Waals surface area contributed by atoms with Crippen molar-refractivity contribution in [2.45, 2.75) is 0 Å². The molecule has 2 rings (SSSR count). The fraction of sp³-hybridized carbons (Fsp3) is 0.222. The van der Waals surface area contributed by atoms with Crippen molar-refractivity contribution in [3.8, 4) is 17.2 Å². The van der Waals surface area contributed by atoms with Gasteiger partial charge in [-0.1, -0.05) is 0 Å². The first-order valence-electron chi connectivity index (χ1n) is 7.51. The third-order valence-corrected chi connectivity index (χ3v) is 3.44. The Balaban J connectivity index is 1.93. The number of hydrogen-bond acceptors (Lipinski definition) is 5. The second kappa shape index (κ2) is 8.58. The Kier molecular flexibility index (Phi) is 6.22. The van der Waals surface area contributed by atoms with Crippen LogP contribution in [0.15, 0.2) is 42.5 Å². The molecule has 0 unspecified atom stereocenters. The molecule has 0 saturated heterocycles. The standard InChI is InChI=1S/C18H20N2O5/c1-23-13-6-4-12(5-7-13)20-17(21)11-19-18(22)15-9-8-14(24-2)10-16(15)25-3/h4-10H,11H2,1-3H3,(H,19,22)(H,20,21). The molecule has 2 amide bonds. The van der Waals surface area contributed by atoms with Crippen LogP contribution in [0.5, 0.6) is 17.2 Å². The van der Waals surface area contributed by atoms with E-state index in [-0.39, 0.29) is 12.5 Å². The zero-order valence-electron chi connectivity index (χ0n) is 14.3. The van der Waals surface area contributed by atoms with Crippen molar-refractivity contribution in [2.75, 3.05) is 33.2 Å². The summed E-state index contributed by atoms with van der Waals surface area (Å²) in [5.41, 5.74) is 0.933. The SMILES string of the molecule is COc1ccc(NC(=O)CNC(=O)c2ccc(OC)cc2OC)cc1. The maximum Gasteiger partial charge on any atom is 0.255 e. The number of carbonyl (C=O) groups excluding carboxylic acids is 2. The molecule has 0 aromatic heterocycles. The Labute approximate surface area is 145 Å². The molecule has 132 valence electrons. The van der Waals surface area contributed by atoms with Crippen molar-refractivity contribution in [1.82, 2.24) is 5.32 Å². The summed E-state index contributed by atoms with van der Waals surface area (Å²) in [6.45, 7) is -0.167. The molecule has 0 aliphatic heterocycles. The second-order valence-corrected chi connectivity index (χ2v) is 5.03. The Morgan fingerprint density at radius 2 is 1.52 bits per heavy atom. The summed E-state index contributed by atoms with van der Waals surface area (Å²) in [5.74, 6) is 0.881. The minimum Gasteiger partial charge on any atom is -0.497 e. The van der Waals surface area contributed by atoms with E-state index in [1.54, 1.807) is 49.6 Å². The monoisotopic (exact) mass is 344 g/mol. The van der Waals surface area contributed by atoms with E-state index in [9.17, 15) is 9.59 Å². The van der Waals surface area contributed by atoms with Gasteiger partial charge in [0.25, 0.3) is 5.91 Å². The Hall–Kier alpha value is -3.22. The topological polar surface area (TPSA) is 85.9 Å². The molecule has 0 bridgehead atoms. The van der Waals surface area contributed by atoms with Gasteiger partial charge in [0.1, 0.15) is 17.2 Å². The van der Waals surface area contributed by atoms with Gasteiger partial charge in [0.15, 0.2) is 0 Å². The highest BCUT2D eigenvalue weighted by molar-refractivity contribution is 6.01. The molecule has 2 N–H and O–H groups in total. The van der Waals surface area contributed by atoms with E-state index in [4.69, 9.17) is 14.2 Å². The van der Waals surface area contributed by atoms with Gasteiger partial charge in [-0.2, -0.15) is 0 Å². The maximum absolute atomic E-state index is 12.2. The minimum absolute atomic E-state index is 0.167. The molecule has 0 atom stereocenters. The van der Waals surface area contributed by atoms with E-state index >= 15 is 0 Å². The molecule has 0 radical (unpaired) electrons. The first kappa shape index (κ1) is 18.1. The summed E-state index contributed by atoms with van der Waals surface area (Å²) in [5, 5.41) is 5.24. The molecule has 0 fully saturated rings. The molecule has 0 aliphatic rings. The van der Waals surface area contributed by atoms with Crippen molar-refractivity contribution in [3.63, 3.8) is 0 Å². The number of methoxy groups -OCH3 is 3. The number of nitrogens with one attached hydrogen (secondary N) is 2. The smallest absolute Gasteiger partial charge is 0.255 e. The predicted octanol–water partition coefficient (Wildman–Crippen LogP) is 2.08. The highest BCUT2D eigenvalue weighted by Gasteiger charge is 2.14. The maximum atomic E-state index is 12.2. The molecular weight excluding hydrogens is 324 g/mol. The summed E-state index contributed by atoms with van der Waals surface area (Å²) in [7, 11) is 4.55. The molecule has 7 nitrogen and oxygen atoms in total. The van der Waals surface area contributed by atoms with Gasteiger partial charge in [-0.3, -0.25) is 9.59 Å². The Morgan fingerprint density at radius 3 is 2.12 bits per heavy atom. The number of benzene rings is 2. The summed E-state index contributed by atoms with van der Waals surface area (Å²) in [6, 6.07) is 11.7. The van der Waals surface area contributed by atoms with Gasteiger partial charge in [-0.15, -0.1) is 0 Å². The molecule has 2 aromatic carbocycles. The van der Waals surface area contributed by atoms with E-state index in [0.717, 1.165) is 0 Å². The number of anilines is 1. The van der Waals surface area contributed by atoms with Gasteiger partial charge in [0, 0.05) is 11.8 Å². The summed E-state index contributed by atoms with van der Waals surface area (Å²) in [4.78, 5) is 24.2. The van der Waals surface area contributed by atoms with Crippen LogP contribution in [0.2, 0.25) is 0 Å². The highest BCUT2D eigenvalue weighted by atomic mass is 16.5. The Bertz CT molecular complexity index is 744. The normalized spacial score (nSPS) is 9.88. The lowest BCUT2D eigenvalue weighted by molar-refractivity contribution is -0.115. The van der Waals surface area contributed by atoms with Gasteiger partial charge in [-0.25, -0.2) is 0 Å². The van der Waals surface area contributed by atoms with E-state index < -0.39 is 5.91 Å². The van der Waals surface area contributed by atoms with Crippen molar-refractivity contribution in [1.29, 1.82) is 0 Å². The summed E-state index contributed by atoms with van der Waals surface area (Å²) < 4.78 is 15.3. The summed E-state index contributed by atoms with van der Waals surface area (Å²) in [6.07, 6.45) is 0. The minimum atomic E-state index is -0.413. The van der Waals surface area contributed by atoms with Crippen LogP contribution in [0, 0.1) is 0 Å². The summed E-state index contributed by atoms with van der Waals surface area (Å²) >= 11 is 0. The number of carbonyl (C=O) groups is 2. The predicted molar refractivity (Wildman–Crippen MR) is 93.5 cm³/mol. The van der Waals surface area contributed by atoms with Gasteiger partial charge in [-0.05, 0) is 36.4 Å². The van der Waals surface area contributed by atoms with Crippen molar-refractivity contribution >= 4 is 17.5 Å². The van der Waals surface area contributed by atoms with Gasteiger partial charge >= 0.3 is 0 Å². The molecule has 2 aromatic rings. The molecule has 0 aliphatic carbocycles. The average molecular weight is 344 g/mol. The third-order valence-electron chi connectivity index (χ3n) is 3.44. The van der Waals surface area contributed by atoms with E-state index in [1.165, 1.54) is 14.2 Å². The van der Waals surface area contributed by atoms with Crippen LogP contribution in [0.3, 0.4) is 0 Å². The number of hydrogen-bond donors (Lipinski definition) is 2. The zero-order valence-corrected chi connectivity index (χ0v) is 14.3. The lowest BCUT2D eigenvalue weighted by Crippen LogP contribution is -2.33. The van der Waals surface area contributed by atoms with E-state index in [1.807, 2.05) is 0 Å². The average Bonchev–Trinajstić information content (AvgIpc) is 2.66. The fourth-order valence-electron chi connectivity index (χ4n) is 2.12. The molecule has 25 heavy (non-hydrogen) atoms. The lowest BCUT2D eigenvalue weighted by Gasteiger charge is -2.11. The first-order valence-corrected chi connectivity index (χ1v) is 7.51. The fourth-order valence-corrected chi connectivity index (χ4v) is 2.12. The van der Waals surface area contributed by atoms with E-state index in [2.05, 4.69) is 10.6 Å². The zero-order chi connectivity index (χ0) is 18.2. The number of rotatable bonds is 7. The first-order chi connectivity index (χ1) is 12.1. The number of ether oxygens (including phenoxy) is 3. The largest absolute Gasteiger partial charge is 0.497 e. The van der Waals surface area contributed by atoms with Gasteiger partial charge in [0.2, 0.25) is 5.91 Å². The third kappa shape index (κ3) is 4.87. The molecule has 0 saturated carbocycles. The molecule has 7 heteroatoms. The Morgan fingerprint density at radius 1 is 0.880 bits per heavy atom.